The summed E-state index contributed by atoms with van der Waals surface area (Å²) >= 11 is 8.74. The Kier molecular flexibility index (Phi) is 5.07. The van der Waals surface area contributed by atoms with E-state index < -0.39 is 0 Å². The van der Waals surface area contributed by atoms with Crippen LogP contribution in [0.5, 0.6) is 0 Å². The Labute approximate surface area is 172 Å². The Morgan fingerprint density at radius 3 is 2.23 bits per heavy atom. The van der Waals surface area contributed by atoms with Crippen LogP contribution in [0.1, 0.15) is 11.8 Å². The van der Waals surface area contributed by atoms with Crippen LogP contribution in [0.25, 0.3) is 21.3 Å². The van der Waals surface area contributed by atoms with Gasteiger partial charge in [0, 0.05) is 25.1 Å². The fourth-order valence-electron chi connectivity index (χ4n) is 2.91. The molecule has 2 aromatic heterocycles. The first-order valence-electron chi connectivity index (χ1n) is 8.20. The third kappa shape index (κ3) is 3.41. The predicted molar refractivity (Wildman–Crippen MR) is 117 cm³/mol. The molecule has 0 unspecified atom stereocenters. The van der Waals surface area contributed by atoms with E-state index in [2.05, 4.69) is 78.3 Å². The number of rotatable bonds is 4. The van der Waals surface area contributed by atoms with E-state index in [1.807, 2.05) is 24.3 Å². The lowest BCUT2D eigenvalue weighted by Crippen LogP contribution is -1.95. The number of fused-ring (bicyclic) bond motifs is 1. The molecule has 0 saturated carbocycles. The number of thiophene rings is 1. The molecule has 26 heavy (non-hydrogen) atoms. The van der Waals surface area contributed by atoms with Crippen LogP contribution in [0.15, 0.2) is 63.8 Å². The molecule has 0 bridgehead atoms. The number of aromatic nitrogens is 2. The molecule has 4 rings (SSSR count). The van der Waals surface area contributed by atoms with Gasteiger partial charge in [0.1, 0.15) is 17.0 Å². The number of hydrogen-bond donors (Lipinski definition) is 1. The highest BCUT2D eigenvalue weighted by Crippen LogP contribution is 2.42. The summed E-state index contributed by atoms with van der Waals surface area (Å²) in [5.74, 6) is 0.839. The molecular weight excluding hydrogens is 474 g/mol. The zero-order chi connectivity index (χ0) is 18.1. The average Bonchev–Trinajstić information content (AvgIpc) is 3.04. The van der Waals surface area contributed by atoms with Crippen molar-refractivity contribution in [3.05, 3.63) is 68.7 Å². The molecule has 0 radical (unpaired) electrons. The van der Waals surface area contributed by atoms with Gasteiger partial charge in [-0.25, -0.2) is 9.97 Å². The Morgan fingerprint density at radius 2 is 1.58 bits per heavy atom. The standard InChI is InChI=1S/C20H15Br2N3S/c1-2-16-17(12-3-5-13(21)6-4-12)18-19(23-11-24-20(18)26-16)25-15-9-7-14(22)8-10-15/h3-11H,2H2,1H3,(H,23,24,25). The topological polar surface area (TPSA) is 37.8 Å². The molecule has 0 amide bonds. The van der Waals surface area contributed by atoms with Crippen molar-refractivity contribution in [1.82, 2.24) is 9.97 Å². The molecule has 0 aliphatic carbocycles. The van der Waals surface area contributed by atoms with E-state index in [1.165, 1.54) is 16.0 Å². The molecule has 0 aliphatic rings. The molecule has 130 valence electrons. The minimum atomic E-state index is 0.839. The van der Waals surface area contributed by atoms with Crippen LogP contribution in [0, 0.1) is 0 Å². The fraction of sp³-hybridized carbons (Fsp3) is 0.100. The maximum atomic E-state index is 4.54. The molecular formula is C20H15Br2N3S. The van der Waals surface area contributed by atoms with Crippen LogP contribution in [0.2, 0.25) is 0 Å². The van der Waals surface area contributed by atoms with E-state index in [4.69, 9.17) is 0 Å². The van der Waals surface area contributed by atoms with Crippen LogP contribution in [0.4, 0.5) is 11.5 Å². The molecule has 0 atom stereocenters. The summed E-state index contributed by atoms with van der Waals surface area (Å²) < 4.78 is 2.12. The van der Waals surface area contributed by atoms with E-state index in [1.54, 1.807) is 17.7 Å². The average molecular weight is 489 g/mol. The molecule has 0 fully saturated rings. The van der Waals surface area contributed by atoms with Crippen molar-refractivity contribution >= 4 is 64.9 Å². The van der Waals surface area contributed by atoms with Crippen LogP contribution in [-0.2, 0) is 6.42 Å². The first kappa shape index (κ1) is 17.6. The first-order chi connectivity index (χ1) is 12.7. The van der Waals surface area contributed by atoms with E-state index >= 15 is 0 Å². The van der Waals surface area contributed by atoms with Gasteiger partial charge >= 0.3 is 0 Å². The lowest BCUT2D eigenvalue weighted by atomic mass is 10.0. The summed E-state index contributed by atoms with van der Waals surface area (Å²) in [4.78, 5) is 11.4. The molecule has 4 aromatic rings. The molecule has 6 heteroatoms. The molecule has 2 heterocycles. The van der Waals surface area contributed by atoms with Gasteiger partial charge in [-0.15, -0.1) is 11.3 Å². The van der Waals surface area contributed by atoms with E-state index in [-0.39, 0.29) is 0 Å². The van der Waals surface area contributed by atoms with Gasteiger partial charge in [0.2, 0.25) is 0 Å². The third-order valence-corrected chi connectivity index (χ3v) is 6.42. The van der Waals surface area contributed by atoms with Gasteiger partial charge in [-0.1, -0.05) is 50.9 Å². The fourth-order valence-corrected chi connectivity index (χ4v) is 4.54. The zero-order valence-electron chi connectivity index (χ0n) is 14.0. The third-order valence-electron chi connectivity index (χ3n) is 4.12. The van der Waals surface area contributed by atoms with Crippen molar-refractivity contribution in [2.45, 2.75) is 13.3 Å². The number of aryl methyl sites for hydroxylation is 1. The van der Waals surface area contributed by atoms with Crippen LogP contribution in [-0.4, -0.2) is 9.97 Å². The summed E-state index contributed by atoms with van der Waals surface area (Å²) in [7, 11) is 0. The summed E-state index contributed by atoms with van der Waals surface area (Å²) in [6, 6.07) is 16.5. The monoisotopic (exact) mass is 487 g/mol. The van der Waals surface area contributed by atoms with E-state index in [9.17, 15) is 0 Å². The number of nitrogens with one attached hydrogen (secondary N) is 1. The SMILES string of the molecule is CCc1sc2ncnc(Nc3ccc(Br)cc3)c2c1-c1ccc(Br)cc1. The largest absolute Gasteiger partial charge is 0.340 e. The first-order valence-corrected chi connectivity index (χ1v) is 10.6. The number of nitrogens with zero attached hydrogens (tertiary/aromatic N) is 2. The van der Waals surface area contributed by atoms with Gasteiger partial charge in [-0.2, -0.15) is 0 Å². The normalized spacial score (nSPS) is 11.0. The molecule has 3 nitrogen and oxygen atoms in total. The Hall–Kier alpha value is -1.76. The van der Waals surface area contributed by atoms with Crippen molar-refractivity contribution in [3.63, 3.8) is 0 Å². The summed E-state index contributed by atoms with van der Waals surface area (Å²) in [5, 5.41) is 4.54. The highest BCUT2D eigenvalue weighted by atomic mass is 79.9. The van der Waals surface area contributed by atoms with Gasteiger partial charge < -0.3 is 5.32 Å². The molecule has 1 N–H and O–H groups in total. The maximum absolute atomic E-state index is 4.54. The molecule has 0 spiro atoms. The highest BCUT2D eigenvalue weighted by molar-refractivity contribution is 9.10. The van der Waals surface area contributed by atoms with Gasteiger partial charge in [0.05, 0.1) is 5.39 Å². The van der Waals surface area contributed by atoms with Crippen LogP contribution >= 0.6 is 43.2 Å². The van der Waals surface area contributed by atoms with Gasteiger partial charge in [-0.05, 0) is 48.4 Å². The second-order valence-electron chi connectivity index (χ2n) is 5.80. The Bertz CT molecular complexity index is 1060. The van der Waals surface area contributed by atoms with Crippen LogP contribution < -0.4 is 5.32 Å². The number of benzene rings is 2. The smallest absolute Gasteiger partial charge is 0.143 e. The highest BCUT2D eigenvalue weighted by Gasteiger charge is 2.18. The van der Waals surface area contributed by atoms with Crippen molar-refractivity contribution < 1.29 is 0 Å². The second kappa shape index (κ2) is 7.47. The van der Waals surface area contributed by atoms with Crippen molar-refractivity contribution in [1.29, 1.82) is 0 Å². The van der Waals surface area contributed by atoms with E-state index in [0.29, 0.717) is 0 Å². The predicted octanol–water partition coefficient (Wildman–Crippen LogP) is 7.19. The second-order valence-corrected chi connectivity index (χ2v) is 8.71. The Balaban J connectivity index is 1.89. The summed E-state index contributed by atoms with van der Waals surface area (Å²) in [6.07, 6.45) is 2.59. The van der Waals surface area contributed by atoms with Crippen molar-refractivity contribution in [2.24, 2.45) is 0 Å². The minimum Gasteiger partial charge on any atom is -0.340 e. The van der Waals surface area contributed by atoms with Gasteiger partial charge in [-0.3, -0.25) is 0 Å². The van der Waals surface area contributed by atoms with Gasteiger partial charge in [0.15, 0.2) is 0 Å². The van der Waals surface area contributed by atoms with Crippen LogP contribution in [0.3, 0.4) is 0 Å². The number of anilines is 2. The Morgan fingerprint density at radius 1 is 0.923 bits per heavy atom. The quantitative estimate of drug-likeness (QED) is 0.330. The van der Waals surface area contributed by atoms with Crippen molar-refractivity contribution in [3.8, 4) is 11.1 Å². The lowest BCUT2D eigenvalue weighted by Gasteiger charge is -2.10. The van der Waals surface area contributed by atoms with E-state index in [0.717, 1.165) is 37.1 Å². The summed E-state index contributed by atoms with van der Waals surface area (Å²) in [5.41, 5.74) is 3.41. The lowest BCUT2D eigenvalue weighted by molar-refractivity contribution is 1.19. The maximum Gasteiger partial charge on any atom is 0.143 e. The minimum absolute atomic E-state index is 0.839. The number of hydrogen-bond acceptors (Lipinski definition) is 4. The molecule has 0 aliphatic heterocycles. The molecule has 2 aromatic carbocycles. The zero-order valence-corrected chi connectivity index (χ0v) is 18.0. The van der Waals surface area contributed by atoms with Gasteiger partial charge in [0.25, 0.3) is 0 Å². The summed E-state index contributed by atoms with van der Waals surface area (Å²) in [6.45, 7) is 2.18. The van der Waals surface area contributed by atoms with Crippen molar-refractivity contribution in [2.75, 3.05) is 5.32 Å². The molecule has 0 saturated heterocycles. The number of halogens is 2.